The Morgan fingerprint density at radius 2 is 1.25 bits per heavy atom. The maximum absolute atomic E-state index is 13.8. The lowest BCUT2D eigenvalue weighted by molar-refractivity contribution is -0.302. The van der Waals surface area contributed by atoms with E-state index in [2.05, 4.69) is 6.92 Å². The largest absolute Gasteiger partial charge is 0.330 e. The zero-order chi connectivity index (χ0) is 23.8. The predicted octanol–water partition coefficient (Wildman–Crippen LogP) is 7.84. The highest BCUT2D eigenvalue weighted by molar-refractivity contribution is 5.21. The van der Waals surface area contributed by atoms with Crippen LogP contribution in [0.2, 0.25) is 0 Å². The van der Waals surface area contributed by atoms with Crippen LogP contribution in [-0.4, -0.2) is 25.8 Å². The molecule has 0 saturated carbocycles. The lowest BCUT2D eigenvalue weighted by Crippen LogP contribution is -2.27. The Labute approximate surface area is 190 Å². The topological polar surface area (TPSA) is 27.7 Å². The van der Waals surface area contributed by atoms with Crippen LogP contribution in [-0.2, 0) is 20.6 Å². The molecule has 0 N–H and O–H groups in total. The highest BCUT2D eigenvalue weighted by Crippen LogP contribution is 2.22. The summed E-state index contributed by atoms with van der Waals surface area (Å²) in [6, 6.07) is 0.737. The molecule has 0 radical (unpaired) electrons. The van der Waals surface area contributed by atoms with Crippen molar-refractivity contribution < 1.29 is 31.8 Å². The van der Waals surface area contributed by atoms with Gasteiger partial charge in [0, 0.05) is 13.2 Å². The second-order valence-electron chi connectivity index (χ2n) is 8.07. The van der Waals surface area contributed by atoms with Crippen molar-refractivity contribution in [2.24, 2.45) is 0 Å². The fraction of sp³-hybridized carbons (Fsp3) is 0.760. The number of ether oxygens (including phenoxy) is 3. The van der Waals surface area contributed by atoms with E-state index in [-0.39, 0.29) is 18.1 Å². The Morgan fingerprint density at radius 3 is 1.84 bits per heavy atom. The summed E-state index contributed by atoms with van der Waals surface area (Å²) < 4.78 is 70.8. The first kappa shape index (κ1) is 28.9. The van der Waals surface area contributed by atoms with Gasteiger partial charge >= 0.3 is 0 Å². The summed E-state index contributed by atoms with van der Waals surface area (Å²) in [4.78, 5) is 0. The lowest BCUT2D eigenvalue weighted by atomic mass is 10.0. The van der Waals surface area contributed by atoms with Gasteiger partial charge in [0.25, 0.3) is 6.48 Å². The molecule has 0 aliphatic rings. The van der Waals surface area contributed by atoms with E-state index in [9.17, 15) is 17.6 Å². The summed E-state index contributed by atoms with van der Waals surface area (Å²) in [6.07, 6.45) is 11.2. The Bertz CT molecular complexity index is 622. The Morgan fingerprint density at radius 1 is 0.688 bits per heavy atom. The van der Waals surface area contributed by atoms with Gasteiger partial charge in [0.05, 0.1) is 6.10 Å². The molecule has 0 fully saturated rings. The second kappa shape index (κ2) is 17.3. The molecule has 0 aliphatic heterocycles. The van der Waals surface area contributed by atoms with Crippen LogP contribution in [0.5, 0.6) is 0 Å². The SMILES string of the molecule is CCCCCCCCCC(CCCCc1cc(F)c(F)c(F)c1F)OC(OCC)OCC. The van der Waals surface area contributed by atoms with Gasteiger partial charge in [-0.15, -0.1) is 0 Å². The van der Waals surface area contributed by atoms with Crippen molar-refractivity contribution in [1.29, 1.82) is 0 Å². The van der Waals surface area contributed by atoms with E-state index < -0.39 is 29.7 Å². The molecule has 1 unspecified atom stereocenters. The van der Waals surface area contributed by atoms with Gasteiger partial charge in [-0.2, -0.15) is 0 Å². The molecule has 0 saturated heterocycles. The van der Waals surface area contributed by atoms with Gasteiger partial charge in [-0.1, -0.05) is 58.3 Å². The highest BCUT2D eigenvalue weighted by Gasteiger charge is 2.20. The van der Waals surface area contributed by atoms with Gasteiger partial charge in [0.15, 0.2) is 23.3 Å². The van der Waals surface area contributed by atoms with Crippen LogP contribution in [0.4, 0.5) is 17.6 Å². The summed E-state index contributed by atoms with van der Waals surface area (Å²) in [5.74, 6) is -6.20. The average molecular weight is 465 g/mol. The second-order valence-corrected chi connectivity index (χ2v) is 8.07. The number of halogens is 4. The summed E-state index contributed by atoms with van der Waals surface area (Å²) in [6.45, 7) is 6.15. The van der Waals surface area contributed by atoms with Crippen LogP contribution in [0.1, 0.15) is 97.0 Å². The summed E-state index contributed by atoms with van der Waals surface area (Å²) in [7, 11) is 0. The average Bonchev–Trinajstić information content (AvgIpc) is 2.77. The zero-order valence-electron chi connectivity index (χ0n) is 19.9. The van der Waals surface area contributed by atoms with E-state index in [1.165, 1.54) is 32.1 Å². The van der Waals surface area contributed by atoms with Gasteiger partial charge in [0.2, 0.25) is 0 Å². The summed E-state index contributed by atoms with van der Waals surface area (Å²) >= 11 is 0. The van der Waals surface area contributed by atoms with Crippen molar-refractivity contribution in [2.75, 3.05) is 13.2 Å². The van der Waals surface area contributed by atoms with E-state index in [1.807, 2.05) is 13.8 Å². The van der Waals surface area contributed by atoms with Crippen LogP contribution < -0.4 is 0 Å². The zero-order valence-corrected chi connectivity index (χ0v) is 19.9. The molecule has 0 bridgehead atoms. The normalized spacial score (nSPS) is 12.6. The van der Waals surface area contributed by atoms with Gasteiger partial charge < -0.3 is 14.2 Å². The lowest BCUT2D eigenvalue weighted by Gasteiger charge is -2.24. The predicted molar refractivity (Wildman–Crippen MR) is 118 cm³/mol. The van der Waals surface area contributed by atoms with E-state index >= 15 is 0 Å². The number of benzene rings is 1. The fourth-order valence-corrected chi connectivity index (χ4v) is 3.66. The van der Waals surface area contributed by atoms with Crippen LogP contribution in [0.15, 0.2) is 6.07 Å². The third-order valence-electron chi connectivity index (χ3n) is 5.44. The monoisotopic (exact) mass is 464 g/mol. The number of hydrogen-bond acceptors (Lipinski definition) is 3. The quantitative estimate of drug-likeness (QED) is 0.0686. The highest BCUT2D eigenvalue weighted by atomic mass is 19.2. The molecule has 1 aromatic carbocycles. The standard InChI is InChI=1S/C25H40F4O3/c1-4-7-8-9-10-11-12-16-20(32-25(30-5-2)31-6-3)17-14-13-15-19-18-21(26)23(28)24(29)22(19)27/h18,20,25H,4-17H2,1-3H3. The molecular weight excluding hydrogens is 424 g/mol. The Hall–Kier alpha value is -1.18. The van der Waals surface area contributed by atoms with Gasteiger partial charge in [-0.05, 0) is 51.2 Å². The fourth-order valence-electron chi connectivity index (χ4n) is 3.66. The van der Waals surface area contributed by atoms with Crippen LogP contribution in [0, 0.1) is 23.3 Å². The smallest absolute Gasteiger partial charge is 0.271 e. The maximum Gasteiger partial charge on any atom is 0.271 e. The van der Waals surface area contributed by atoms with Crippen molar-refractivity contribution in [1.82, 2.24) is 0 Å². The minimum Gasteiger partial charge on any atom is -0.330 e. The first-order chi connectivity index (χ1) is 15.4. The van der Waals surface area contributed by atoms with E-state index in [0.717, 1.165) is 25.3 Å². The number of aryl methyl sites for hydroxylation is 1. The third-order valence-corrected chi connectivity index (χ3v) is 5.44. The van der Waals surface area contributed by atoms with E-state index in [1.54, 1.807) is 0 Å². The molecule has 1 rings (SSSR count). The molecule has 0 amide bonds. The molecule has 0 aliphatic carbocycles. The maximum atomic E-state index is 13.8. The molecular formula is C25H40F4O3. The Kier molecular flexibility index (Phi) is 15.6. The number of unbranched alkanes of at least 4 members (excludes halogenated alkanes) is 7. The molecule has 0 spiro atoms. The number of hydrogen-bond donors (Lipinski definition) is 0. The number of rotatable bonds is 19. The first-order valence-electron chi connectivity index (χ1n) is 12.1. The molecule has 32 heavy (non-hydrogen) atoms. The Balaban J connectivity index is 2.53. The van der Waals surface area contributed by atoms with Crippen molar-refractivity contribution in [3.8, 4) is 0 Å². The van der Waals surface area contributed by atoms with Gasteiger partial charge in [-0.3, -0.25) is 0 Å². The first-order valence-corrected chi connectivity index (χ1v) is 12.1. The van der Waals surface area contributed by atoms with E-state index in [4.69, 9.17) is 14.2 Å². The third kappa shape index (κ3) is 11.1. The summed E-state index contributed by atoms with van der Waals surface area (Å²) in [5, 5.41) is 0. The van der Waals surface area contributed by atoms with E-state index in [0.29, 0.717) is 32.5 Å². The molecule has 0 aromatic heterocycles. The van der Waals surface area contributed by atoms with Gasteiger partial charge in [-0.25, -0.2) is 17.6 Å². The minimum absolute atomic E-state index is 0.0831. The molecule has 7 heteroatoms. The van der Waals surface area contributed by atoms with Crippen LogP contribution >= 0.6 is 0 Å². The van der Waals surface area contributed by atoms with Crippen molar-refractivity contribution >= 4 is 0 Å². The van der Waals surface area contributed by atoms with Crippen LogP contribution in [0.3, 0.4) is 0 Å². The minimum atomic E-state index is -1.77. The van der Waals surface area contributed by atoms with Crippen molar-refractivity contribution in [3.05, 3.63) is 34.9 Å². The molecule has 1 atom stereocenters. The molecule has 186 valence electrons. The van der Waals surface area contributed by atoms with Crippen molar-refractivity contribution in [2.45, 2.75) is 110 Å². The molecule has 1 aromatic rings. The summed E-state index contributed by atoms with van der Waals surface area (Å²) in [5.41, 5.74) is -0.146. The molecule has 3 nitrogen and oxygen atoms in total. The van der Waals surface area contributed by atoms with Crippen molar-refractivity contribution in [3.63, 3.8) is 0 Å². The molecule has 0 heterocycles. The van der Waals surface area contributed by atoms with Gasteiger partial charge in [0.1, 0.15) is 0 Å². The van der Waals surface area contributed by atoms with Crippen LogP contribution in [0.25, 0.3) is 0 Å².